The van der Waals surface area contributed by atoms with E-state index in [1.54, 1.807) is 13.0 Å². The standard InChI is InChI=1S/C14H18O2/c1-5-10(4)11-6-7-13(15)14(16)12(8-11)9(2)3/h6-8,10H,2,5H2,1,3-4H3,(H,15,16). The van der Waals surface area contributed by atoms with Gasteiger partial charge in [0.15, 0.2) is 5.75 Å². The first-order valence-corrected chi connectivity index (χ1v) is 5.50. The summed E-state index contributed by atoms with van der Waals surface area (Å²) < 4.78 is 0. The Bertz CT molecular complexity index is 461. The molecule has 86 valence electrons. The van der Waals surface area contributed by atoms with Gasteiger partial charge in [-0.05, 0) is 42.5 Å². The van der Waals surface area contributed by atoms with Gasteiger partial charge in [-0.1, -0.05) is 26.5 Å². The van der Waals surface area contributed by atoms with E-state index in [1.807, 2.05) is 6.07 Å². The van der Waals surface area contributed by atoms with Gasteiger partial charge in [-0.15, -0.1) is 0 Å². The summed E-state index contributed by atoms with van der Waals surface area (Å²) >= 11 is 0. The molecule has 2 nitrogen and oxygen atoms in total. The summed E-state index contributed by atoms with van der Waals surface area (Å²) in [6.45, 7) is 9.76. The lowest BCUT2D eigenvalue weighted by Crippen LogP contribution is -1.95. The number of aromatic hydroxyl groups is 1. The maximum Gasteiger partial charge on any atom is 0.220 e. The molecule has 1 unspecified atom stereocenters. The van der Waals surface area contributed by atoms with Crippen molar-refractivity contribution < 1.29 is 5.11 Å². The van der Waals surface area contributed by atoms with Crippen LogP contribution in [0.4, 0.5) is 0 Å². The zero-order chi connectivity index (χ0) is 12.3. The highest BCUT2D eigenvalue weighted by Gasteiger charge is 2.08. The molecule has 1 rings (SSSR count). The van der Waals surface area contributed by atoms with Crippen molar-refractivity contribution >= 4 is 5.57 Å². The van der Waals surface area contributed by atoms with E-state index in [1.165, 1.54) is 6.07 Å². The van der Waals surface area contributed by atoms with E-state index in [2.05, 4.69) is 20.4 Å². The number of hydrogen-bond donors (Lipinski definition) is 1. The van der Waals surface area contributed by atoms with E-state index in [0.29, 0.717) is 17.1 Å². The molecule has 0 aromatic heterocycles. The zero-order valence-electron chi connectivity index (χ0n) is 10.1. The van der Waals surface area contributed by atoms with Crippen molar-refractivity contribution in [2.45, 2.75) is 33.1 Å². The fourth-order valence-corrected chi connectivity index (χ4v) is 1.53. The van der Waals surface area contributed by atoms with Crippen LogP contribution in [-0.2, 0) is 0 Å². The molecule has 0 aliphatic rings. The SMILES string of the molecule is C=C(C)c1cc(C(C)CC)ccc(=O)c1O. The summed E-state index contributed by atoms with van der Waals surface area (Å²) in [4.78, 5) is 11.5. The molecular formula is C14H18O2. The molecule has 1 atom stereocenters. The molecule has 0 bridgehead atoms. The third kappa shape index (κ3) is 2.51. The third-order valence-corrected chi connectivity index (χ3v) is 2.87. The van der Waals surface area contributed by atoms with E-state index in [0.717, 1.165) is 12.0 Å². The Balaban J connectivity index is 3.50. The van der Waals surface area contributed by atoms with Crippen LogP contribution in [0.1, 0.15) is 44.2 Å². The van der Waals surface area contributed by atoms with Crippen LogP contribution >= 0.6 is 0 Å². The molecule has 1 aromatic carbocycles. The van der Waals surface area contributed by atoms with Crippen molar-refractivity contribution in [2.24, 2.45) is 0 Å². The molecule has 0 aliphatic carbocycles. The average Bonchev–Trinajstić information content (AvgIpc) is 2.39. The highest BCUT2D eigenvalue weighted by molar-refractivity contribution is 5.66. The Labute approximate surface area is 96.3 Å². The first kappa shape index (κ1) is 12.5. The van der Waals surface area contributed by atoms with Gasteiger partial charge in [-0.25, -0.2) is 0 Å². The minimum absolute atomic E-state index is 0.206. The van der Waals surface area contributed by atoms with E-state index in [-0.39, 0.29) is 11.2 Å². The van der Waals surface area contributed by atoms with Crippen LogP contribution < -0.4 is 5.43 Å². The highest BCUT2D eigenvalue weighted by atomic mass is 16.3. The lowest BCUT2D eigenvalue weighted by molar-refractivity contribution is 0.469. The van der Waals surface area contributed by atoms with Crippen LogP contribution in [0.25, 0.3) is 5.57 Å². The minimum Gasteiger partial charge on any atom is -0.504 e. The van der Waals surface area contributed by atoms with E-state index < -0.39 is 0 Å². The topological polar surface area (TPSA) is 37.3 Å². The van der Waals surface area contributed by atoms with Crippen LogP contribution in [0.3, 0.4) is 0 Å². The van der Waals surface area contributed by atoms with Gasteiger partial charge in [-0.2, -0.15) is 0 Å². The smallest absolute Gasteiger partial charge is 0.220 e. The third-order valence-electron chi connectivity index (χ3n) is 2.87. The van der Waals surface area contributed by atoms with Crippen molar-refractivity contribution in [1.82, 2.24) is 0 Å². The number of allylic oxidation sites excluding steroid dienone is 1. The largest absolute Gasteiger partial charge is 0.504 e. The van der Waals surface area contributed by atoms with E-state index in [9.17, 15) is 9.90 Å². The van der Waals surface area contributed by atoms with Crippen molar-refractivity contribution in [3.63, 3.8) is 0 Å². The second kappa shape index (κ2) is 4.97. The average molecular weight is 218 g/mol. The van der Waals surface area contributed by atoms with Crippen molar-refractivity contribution in [3.05, 3.63) is 46.1 Å². The summed E-state index contributed by atoms with van der Waals surface area (Å²) in [5.74, 6) is 0.159. The van der Waals surface area contributed by atoms with Crippen molar-refractivity contribution in [2.75, 3.05) is 0 Å². The van der Waals surface area contributed by atoms with Gasteiger partial charge in [-0.3, -0.25) is 4.79 Å². The van der Waals surface area contributed by atoms with Gasteiger partial charge in [0.25, 0.3) is 0 Å². The van der Waals surface area contributed by atoms with E-state index in [4.69, 9.17) is 0 Å². The summed E-state index contributed by atoms with van der Waals surface area (Å²) in [5.41, 5.74) is 1.95. The van der Waals surface area contributed by atoms with Crippen LogP contribution in [0.15, 0.2) is 29.6 Å². The van der Waals surface area contributed by atoms with Crippen LogP contribution in [-0.4, -0.2) is 5.11 Å². The molecule has 0 fully saturated rings. The maximum absolute atomic E-state index is 11.5. The molecule has 0 amide bonds. The van der Waals surface area contributed by atoms with E-state index >= 15 is 0 Å². The molecule has 1 N–H and O–H groups in total. The number of hydrogen-bond acceptors (Lipinski definition) is 2. The van der Waals surface area contributed by atoms with Gasteiger partial charge < -0.3 is 5.11 Å². The summed E-state index contributed by atoms with van der Waals surface area (Å²) in [7, 11) is 0. The lowest BCUT2D eigenvalue weighted by Gasteiger charge is -2.07. The lowest BCUT2D eigenvalue weighted by atomic mass is 9.98. The second-order valence-corrected chi connectivity index (χ2v) is 4.19. The Morgan fingerprint density at radius 1 is 1.50 bits per heavy atom. The van der Waals surface area contributed by atoms with Crippen molar-refractivity contribution in [1.29, 1.82) is 0 Å². The molecule has 0 spiro atoms. The first-order valence-electron chi connectivity index (χ1n) is 5.50. The molecule has 0 aliphatic heterocycles. The normalized spacial score (nSPS) is 12.2. The first-order chi connectivity index (χ1) is 7.47. The van der Waals surface area contributed by atoms with Gasteiger partial charge in [0, 0.05) is 5.56 Å². The minimum atomic E-state index is -0.354. The summed E-state index contributed by atoms with van der Waals surface area (Å²) in [5, 5.41) is 9.73. The van der Waals surface area contributed by atoms with Crippen LogP contribution in [0.5, 0.6) is 5.75 Å². The monoisotopic (exact) mass is 218 g/mol. The Morgan fingerprint density at radius 2 is 2.12 bits per heavy atom. The maximum atomic E-state index is 11.5. The van der Waals surface area contributed by atoms with Crippen LogP contribution in [0, 0.1) is 0 Å². The highest BCUT2D eigenvalue weighted by Crippen LogP contribution is 2.24. The molecule has 0 heterocycles. The molecule has 16 heavy (non-hydrogen) atoms. The second-order valence-electron chi connectivity index (χ2n) is 4.19. The predicted octanol–water partition coefficient (Wildman–Crippen LogP) is 3.30. The predicted molar refractivity (Wildman–Crippen MR) is 67.8 cm³/mol. The summed E-state index contributed by atoms with van der Waals surface area (Å²) in [6, 6.07) is 5.05. The Hall–Kier alpha value is -1.57. The Kier molecular flexibility index (Phi) is 3.88. The Morgan fingerprint density at radius 3 is 2.62 bits per heavy atom. The van der Waals surface area contributed by atoms with Crippen LogP contribution in [0.2, 0.25) is 0 Å². The molecule has 1 aromatic rings. The van der Waals surface area contributed by atoms with Gasteiger partial charge >= 0.3 is 0 Å². The fourth-order valence-electron chi connectivity index (χ4n) is 1.53. The number of rotatable bonds is 3. The van der Waals surface area contributed by atoms with Gasteiger partial charge in [0.1, 0.15) is 0 Å². The van der Waals surface area contributed by atoms with Gasteiger partial charge in [0.05, 0.1) is 0 Å². The quantitative estimate of drug-likeness (QED) is 0.845. The zero-order valence-corrected chi connectivity index (χ0v) is 10.1. The molecule has 0 radical (unpaired) electrons. The summed E-state index contributed by atoms with van der Waals surface area (Å²) in [6.07, 6.45) is 0.995. The van der Waals surface area contributed by atoms with Gasteiger partial charge in [0.2, 0.25) is 5.43 Å². The molecule has 0 saturated heterocycles. The fraction of sp³-hybridized carbons (Fsp3) is 0.357. The molecule has 0 saturated carbocycles. The van der Waals surface area contributed by atoms with Crippen molar-refractivity contribution in [3.8, 4) is 5.75 Å². The molecule has 2 heteroatoms. The molecular weight excluding hydrogens is 200 g/mol.